The fourth-order valence-corrected chi connectivity index (χ4v) is 6.36. The van der Waals surface area contributed by atoms with Crippen LogP contribution in [0.2, 0.25) is 0 Å². The van der Waals surface area contributed by atoms with Gasteiger partial charge in [-0.3, -0.25) is 4.79 Å². The minimum Gasteiger partial charge on any atom is -0.469 e. The van der Waals surface area contributed by atoms with Gasteiger partial charge in [-0.2, -0.15) is 0 Å². The molecule has 2 aliphatic heterocycles. The number of hydrogen-bond donors (Lipinski definition) is 4. The first-order valence-electron chi connectivity index (χ1n) is 14.6. The van der Waals surface area contributed by atoms with Crippen LogP contribution >= 0.6 is 0 Å². The maximum absolute atomic E-state index is 12.9. The number of carbonyl (C=O) groups is 1. The van der Waals surface area contributed by atoms with Crippen molar-refractivity contribution in [1.82, 2.24) is 4.90 Å². The number of aliphatic hydroxyl groups excluding tert-OH is 2. The summed E-state index contributed by atoms with van der Waals surface area (Å²) in [6, 6.07) is -0.604. The van der Waals surface area contributed by atoms with Crippen molar-refractivity contribution in [3.63, 3.8) is 0 Å². The number of aliphatic hydroxyl groups is 3. The van der Waals surface area contributed by atoms with E-state index in [1.807, 2.05) is 32.8 Å². The van der Waals surface area contributed by atoms with Crippen LogP contribution in [0.4, 0.5) is 0 Å². The van der Waals surface area contributed by atoms with Crippen molar-refractivity contribution in [2.45, 2.75) is 140 Å². The average Bonchev–Trinajstić information content (AvgIpc) is 2.88. The molecule has 2 rings (SSSR count). The molecule has 2 aliphatic rings. The van der Waals surface area contributed by atoms with E-state index in [0.717, 1.165) is 0 Å². The van der Waals surface area contributed by atoms with E-state index in [9.17, 15) is 20.1 Å². The molecule has 0 unspecified atom stereocenters. The van der Waals surface area contributed by atoms with Gasteiger partial charge in [0.15, 0.2) is 12.6 Å². The zero-order valence-corrected chi connectivity index (χ0v) is 26.8. The molecule has 0 amide bonds. The van der Waals surface area contributed by atoms with E-state index in [4.69, 9.17) is 34.2 Å². The second-order valence-corrected chi connectivity index (χ2v) is 12.9. The highest BCUT2D eigenvalue weighted by molar-refractivity contribution is 5.72. The van der Waals surface area contributed by atoms with Gasteiger partial charge in [-0.25, -0.2) is 0 Å². The lowest BCUT2D eigenvalue weighted by molar-refractivity contribution is -0.317. The smallest absolute Gasteiger partial charge is 0.311 e. The second kappa shape index (κ2) is 14.7. The van der Waals surface area contributed by atoms with Gasteiger partial charge in [0.25, 0.3) is 0 Å². The molecule has 242 valence electrons. The highest BCUT2D eigenvalue weighted by Crippen LogP contribution is 2.38. The third-order valence-corrected chi connectivity index (χ3v) is 8.75. The van der Waals surface area contributed by atoms with Crippen molar-refractivity contribution >= 4 is 5.97 Å². The largest absolute Gasteiger partial charge is 0.469 e. The van der Waals surface area contributed by atoms with Crippen LogP contribution in [-0.2, 0) is 33.2 Å². The summed E-state index contributed by atoms with van der Waals surface area (Å²) in [4.78, 5) is 14.8. The normalized spacial score (nSPS) is 38.0. The summed E-state index contributed by atoms with van der Waals surface area (Å²) in [6.45, 7) is 12.3. The van der Waals surface area contributed by atoms with Gasteiger partial charge in [0, 0.05) is 31.5 Å². The second-order valence-electron chi connectivity index (χ2n) is 12.9. The van der Waals surface area contributed by atoms with Gasteiger partial charge in [0.2, 0.25) is 0 Å². The van der Waals surface area contributed by atoms with Gasteiger partial charge in [-0.15, -0.1) is 0 Å². The van der Waals surface area contributed by atoms with E-state index in [2.05, 4.69) is 0 Å². The Morgan fingerprint density at radius 3 is 2.27 bits per heavy atom. The number of methoxy groups -OCH3 is 2. The molecule has 2 saturated heterocycles. The molecular formula is C29H56N2O10. The molecule has 41 heavy (non-hydrogen) atoms. The maximum Gasteiger partial charge on any atom is 0.311 e. The molecule has 0 radical (unpaired) electrons. The van der Waals surface area contributed by atoms with E-state index >= 15 is 0 Å². The molecular weight excluding hydrogens is 536 g/mol. The zero-order chi connectivity index (χ0) is 31.4. The maximum atomic E-state index is 12.9. The molecule has 14 atom stereocenters. The average molecular weight is 593 g/mol. The van der Waals surface area contributed by atoms with Crippen LogP contribution in [0.5, 0.6) is 0 Å². The molecule has 0 spiro atoms. The fraction of sp³-hybridized carbons (Fsp3) is 0.966. The number of nitrogens with two attached hydrogens (primary N) is 1. The predicted molar refractivity (Wildman–Crippen MR) is 152 cm³/mol. The summed E-state index contributed by atoms with van der Waals surface area (Å²) in [6.07, 6.45) is -5.47. The molecule has 2 heterocycles. The van der Waals surface area contributed by atoms with Gasteiger partial charge in [-0.05, 0) is 68.5 Å². The Hall–Kier alpha value is -0.930. The Balaban J connectivity index is 2.49. The summed E-state index contributed by atoms with van der Waals surface area (Å²) in [5.74, 6) is -1.96. The minimum absolute atomic E-state index is 0.168. The fourth-order valence-electron chi connectivity index (χ4n) is 6.36. The van der Waals surface area contributed by atoms with Crippen LogP contribution in [0.3, 0.4) is 0 Å². The summed E-state index contributed by atoms with van der Waals surface area (Å²) >= 11 is 0. The molecule has 0 aromatic heterocycles. The van der Waals surface area contributed by atoms with E-state index in [-0.39, 0.29) is 31.0 Å². The summed E-state index contributed by atoms with van der Waals surface area (Å²) in [7, 11) is 6.58. The summed E-state index contributed by atoms with van der Waals surface area (Å²) in [5.41, 5.74) is 3.68. The van der Waals surface area contributed by atoms with Crippen molar-refractivity contribution < 1.29 is 48.5 Å². The van der Waals surface area contributed by atoms with Crippen molar-refractivity contribution in [2.24, 2.45) is 17.6 Å². The quantitative estimate of drug-likeness (QED) is 0.225. The summed E-state index contributed by atoms with van der Waals surface area (Å²) < 4.78 is 35.7. The zero-order valence-electron chi connectivity index (χ0n) is 26.8. The lowest BCUT2D eigenvalue weighted by Gasteiger charge is -2.48. The Morgan fingerprint density at radius 1 is 1.15 bits per heavy atom. The van der Waals surface area contributed by atoms with Crippen LogP contribution in [0.1, 0.15) is 67.7 Å². The number of ether oxygens (including phenoxy) is 6. The third kappa shape index (κ3) is 8.81. The standard InChI is InChI=1S/C29H56N2O10/c1-15(30)13-28(6,35)25(41-27-22(32)20(31(8)9)12-16(2)38-27)17(3)23(18(4)26(34)36-10)40-21-14-29(7,37-11)24(33)19(5)39-21/h15-25,27,32-33,35H,12-14,30H2,1-11H3/t15-,16-,17+,18-,19+,20+,21+,22-,23+,24+,25-,27+,28-,29-/m1/s1. The first-order valence-corrected chi connectivity index (χ1v) is 14.6. The van der Waals surface area contributed by atoms with E-state index in [0.29, 0.717) is 6.42 Å². The highest BCUT2D eigenvalue weighted by Gasteiger charge is 2.51. The van der Waals surface area contributed by atoms with Crippen LogP contribution in [0.15, 0.2) is 0 Å². The minimum atomic E-state index is -1.50. The Labute approximate surface area is 245 Å². The van der Waals surface area contributed by atoms with Gasteiger partial charge in [0.1, 0.15) is 12.2 Å². The number of rotatable bonds is 13. The van der Waals surface area contributed by atoms with E-state index in [1.165, 1.54) is 14.2 Å². The Bertz CT molecular complexity index is 829. The van der Waals surface area contributed by atoms with E-state index in [1.54, 1.807) is 34.6 Å². The third-order valence-electron chi connectivity index (χ3n) is 8.75. The van der Waals surface area contributed by atoms with Crippen molar-refractivity contribution in [2.75, 3.05) is 28.3 Å². The Morgan fingerprint density at radius 2 is 1.76 bits per heavy atom. The number of hydrogen-bond acceptors (Lipinski definition) is 12. The Kier molecular flexibility index (Phi) is 13.0. The topological polar surface area (TPSA) is 162 Å². The predicted octanol–water partition coefficient (Wildman–Crippen LogP) is 1.02. The molecule has 12 nitrogen and oxygen atoms in total. The van der Waals surface area contributed by atoms with Crippen LogP contribution in [-0.4, -0.2) is 127 Å². The molecule has 0 saturated carbocycles. The van der Waals surface area contributed by atoms with Gasteiger partial charge < -0.3 is 54.4 Å². The lowest BCUT2D eigenvalue weighted by atomic mass is 9.79. The first-order chi connectivity index (χ1) is 18.9. The number of carbonyl (C=O) groups excluding carboxylic acids is 1. The van der Waals surface area contributed by atoms with Crippen molar-refractivity contribution in [1.29, 1.82) is 0 Å². The van der Waals surface area contributed by atoms with Crippen LogP contribution < -0.4 is 5.73 Å². The lowest BCUT2D eigenvalue weighted by Crippen LogP contribution is -2.60. The van der Waals surface area contributed by atoms with Crippen LogP contribution in [0.25, 0.3) is 0 Å². The molecule has 0 aromatic rings. The number of likely N-dealkylation sites (N-methyl/N-ethyl adjacent to an activating group) is 1. The van der Waals surface area contributed by atoms with Gasteiger partial charge >= 0.3 is 5.97 Å². The van der Waals surface area contributed by atoms with Gasteiger partial charge in [-0.1, -0.05) is 6.92 Å². The molecule has 5 N–H and O–H groups in total. The molecule has 0 bridgehead atoms. The first kappa shape index (κ1) is 36.3. The SMILES string of the molecule is COC(=O)[C@H](C)[C@@H](O[C@H]1C[C@@](C)(OC)[C@@H](O)[C@H](C)O1)[C@H](C)[C@@H](O[C@@H]1O[C@H](C)C[C@H](N(C)C)[C@H]1O)[C@](C)(O)C[C@@H](C)N. The molecule has 0 aromatic carbocycles. The molecule has 0 aliphatic carbocycles. The van der Waals surface area contributed by atoms with Crippen LogP contribution in [0, 0.1) is 11.8 Å². The molecule has 2 fully saturated rings. The monoisotopic (exact) mass is 592 g/mol. The molecule has 12 heteroatoms. The van der Waals surface area contributed by atoms with E-state index < -0.39 is 72.1 Å². The summed E-state index contributed by atoms with van der Waals surface area (Å²) in [5, 5.41) is 33.7. The number of nitrogens with zero attached hydrogens (tertiary/aromatic N) is 1. The van der Waals surface area contributed by atoms with Gasteiger partial charge in [0.05, 0.1) is 48.6 Å². The highest BCUT2D eigenvalue weighted by atomic mass is 16.7. The van der Waals surface area contributed by atoms with Crippen molar-refractivity contribution in [3.8, 4) is 0 Å². The van der Waals surface area contributed by atoms with Crippen molar-refractivity contribution in [3.05, 3.63) is 0 Å². The number of esters is 1.